The van der Waals surface area contributed by atoms with Crippen LogP contribution in [0.25, 0.3) is 0 Å². The molecule has 0 aromatic carbocycles. The molecule has 0 aliphatic rings. The number of aromatic nitrogens is 2. The largest absolute Gasteiger partial charge is 0.475 e. The smallest absolute Gasteiger partial charge is 0.260 e. The van der Waals surface area contributed by atoms with Gasteiger partial charge in [-0.25, -0.2) is 0 Å². The SMILES string of the molecule is CSc1nsnc1OCCCC(C)C. The second-order valence-electron chi connectivity index (χ2n) is 3.46. The number of ether oxygens (including phenoxy) is 1. The highest BCUT2D eigenvalue weighted by molar-refractivity contribution is 7.98. The van der Waals surface area contributed by atoms with E-state index in [1.165, 1.54) is 18.1 Å². The van der Waals surface area contributed by atoms with Crippen molar-refractivity contribution in [2.45, 2.75) is 31.7 Å². The van der Waals surface area contributed by atoms with Crippen LogP contribution in [0.3, 0.4) is 0 Å². The third-order valence-corrected chi connectivity index (χ3v) is 3.07. The highest BCUT2D eigenvalue weighted by Gasteiger charge is 2.07. The summed E-state index contributed by atoms with van der Waals surface area (Å²) in [5.41, 5.74) is 0. The Kier molecular flexibility index (Phi) is 5.25. The molecule has 80 valence electrons. The minimum absolute atomic E-state index is 0.700. The highest BCUT2D eigenvalue weighted by atomic mass is 32.2. The number of nitrogens with zero attached hydrogens (tertiary/aromatic N) is 2. The van der Waals surface area contributed by atoms with Gasteiger partial charge >= 0.3 is 0 Å². The molecule has 0 aliphatic heterocycles. The molecule has 0 aliphatic carbocycles. The molecule has 0 spiro atoms. The zero-order chi connectivity index (χ0) is 10.4. The zero-order valence-electron chi connectivity index (χ0n) is 8.82. The van der Waals surface area contributed by atoms with Gasteiger partial charge in [0.25, 0.3) is 5.88 Å². The van der Waals surface area contributed by atoms with Gasteiger partial charge in [0.05, 0.1) is 18.3 Å². The van der Waals surface area contributed by atoms with Crippen LogP contribution in [0.1, 0.15) is 26.7 Å². The molecule has 1 rings (SSSR count). The molecule has 0 N–H and O–H groups in total. The van der Waals surface area contributed by atoms with Crippen LogP contribution in [0.5, 0.6) is 5.88 Å². The minimum atomic E-state index is 0.700. The maximum absolute atomic E-state index is 5.53. The molecule has 1 heterocycles. The summed E-state index contributed by atoms with van der Waals surface area (Å²) in [5.74, 6) is 1.44. The zero-order valence-corrected chi connectivity index (χ0v) is 10.5. The van der Waals surface area contributed by atoms with E-state index in [9.17, 15) is 0 Å². The number of rotatable bonds is 6. The van der Waals surface area contributed by atoms with Gasteiger partial charge < -0.3 is 4.74 Å². The van der Waals surface area contributed by atoms with Crippen LogP contribution in [0.4, 0.5) is 0 Å². The quantitative estimate of drug-likeness (QED) is 0.558. The van der Waals surface area contributed by atoms with Crippen LogP contribution in [0.2, 0.25) is 0 Å². The van der Waals surface area contributed by atoms with Crippen LogP contribution in [-0.2, 0) is 0 Å². The summed E-state index contributed by atoms with van der Waals surface area (Å²) < 4.78 is 13.7. The summed E-state index contributed by atoms with van der Waals surface area (Å²) >= 11 is 2.79. The highest BCUT2D eigenvalue weighted by Crippen LogP contribution is 2.24. The lowest BCUT2D eigenvalue weighted by Gasteiger charge is -2.05. The van der Waals surface area contributed by atoms with Gasteiger partial charge in [0, 0.05) is 0 Å². The fraction of sp³-hybridized carbons (Fsp3) is 0.778. The maximum Gasteiger partial charge on any atom is 0.260 e. The summed E-state index contributed by atoms with van der Waals surface area (Å²) in [7, 11) is 0. The number of thioether (sulfide) groups is 1. The summed E-state index contributed by atoms with van der Waals surface area (Å²) in [6.45, 7) is 5.19. The first-order valence-corrected chi connectivity index (χ1v) is 6.69. The van der Waals surface area contributed by atoms with Gasteiger partial charge in [0.15, 0.2) is 5.03 Å². The molecule has 0 fully saturated rings. The van der Waals surface area contributed by atoms with E-state index >= 15 is 0 Å². The van der Waals surface area contributed by atoms with Crippen molar-refractivity contribution in [1.29, 1.82) is 0 Å². The van der Waals surface area contributed by atoms with Crippen LogP contribution in [0.15, 0.2) is 5.03 Å². The van der Waals surface area contributed by atoms with Crippen molar-refractivity contribution in [2.24, 2.45) is 5.92 Å². The van der Waals surface area contributed by atoms with E-state index in [2.05, 4.69) is 22.6 Å². The second-order valence-corrected chi connectivity index (χ2v) is 4.79. The van der Waals surface area contributed by atoms with Crippen molar-refractivity contribution in [2.75, 3.05) is 12.9 Å². The third-order valence-electron chi connectivity index (χ3n) is 1.79. The predicted octanol–water partition coefficient (Wildman–Crippen LogP) is 3.08. The van der Waals surface area contributed by atoms with Crippen molar-refractivity contribution in [3.63, 3.8) is 0 Å². The van der Waals surface area contributed by atoms with E-state index in [1.54, 1.807) is 11.8 Å². The average Bonchev–Trinajstić information content (AvgIpc) is 2.59. The Morgan fingerprint density at radius 2 is 2.21 bits per heavy atom. The van der Waals surface area contributed by atoms with Crippen molar-refractivity contribution in [3.8, 4) is 5.88 Å². The molecule has 1 aromatic heterocycles. The fourth-order valence-corrected chi connectivity index (χ4v) is 2.19. The lowest BCUT2D eigenvalue weighted by atomic mass is 10.1. The van der Waals surface area contributed by atoms with Crippen LogP contribution in [-0.4, -0.2) is 21.6 Å². The standard InChI is InChI=1S/C9H16N2OS2/c1-7(2)5-4-6-12-8-9(13-3)11-14-10-8/h7H,4-6H2,1-3H3. The van der Waals surface area contributed by atoms with Crippen molar-refractivity contribution in [1.82, 2.24) is 8.75 Å². The second kappa shape index (κ2) is 6.24. The van der Waals surface area contributed by atoms with E-state index in [0.29, 0.717) is 5.88 Å². The Bertz CT molecular complexity index is 263. The summed E-state index contributed by atoms with van der Waals surface area (Å²) in [4.78, 5) is 0. The molecule has 0 amide bonds. The van der Waals surface area contributed by atoms with Gasteiger partial charge in [-0.2, -0.15) is 4.37 Å². The molecule has 5 heteroatoms. The van der Waals surface area contributed by atoms with E-state index < -0.39 is 0 Å². The van der Waals surface area contributed by atoms with Crippen molar-refractivity contribution in [3.05, 3.63) is 0 Å². The predicted molar refractivity (Wildman–Crippen MR) is 61.3 cm³/mol. The van der Waals surface area contributed by atoms with Crippen LogP contribution in [0, 0.1) is 5.92 Å². The van der Waals surface area contributed by atoms with Crippen molar-refractivity contribution >= 4 is 23.5 Å². The Labute approximate surface area is 93.6 Å². The molecule has 0 bridgehead atoms. The molecule has 0 radical (unpaired) electrons. The molecule has 0 saturated heterocycles. The van der Waals surface area contributed by atoms with Crippen LogP contribution >= 0.6 is 23.5 Å². The van der Waals surface area contributed by atoms with Gasteiger partial charge in [0.1, 0.15) is 0 Å². The lowest BCUT2D eigenvalue weighted by molar-refractivity contribution is 0.282. The Morgan fingerprint density at radius 3 is 2.86 bits per heavy atom. The molecule has 3 nitrogen and oxygen atoms in total. The van der Waals surface area contributed by atoms with Gasteiger partial charge in [-0.05, 0) is 25.0 Å². The van der Waals surface area contributed by atoms with Crippen LogP contribution < -0.4 is 4.74 Å². The molecule has 1 aromatic rings. The summed E-state index contributed by atoms with van der Waals surface area (Å²) in [6, 6.07) is 0. The maximum atomic E-state index is 5.53. The van der Waals surface area contributed by atoms with E-state index in [0.717, 1.165) is 24.0 Å². The molecular formula is C9H16N2OS2. The van der Waals surface area contributed by atoms with E-state index in [1.807, 2.05) is 6.26 Å². The summed E-state index contributed by atoms with van der Waals surface area (Å²) in [6.07, 6.45) is 4.27. The summed E-state index contributed by atoms with van der Waals surface area (Å²) in [5, 5.41) is 0.902. The third kappa shape index (κ3) is 3.84. The fourth-order valence-electron chi connectivity index (χ4n) is 1.05. The minimum Gasteiger partial charge on any atom is -0.475 e. The number of hydrogen-bond donors (Lipinski definition) is 0. The Balaban J connectivity index is 2.24. The molecule has 0 atom stereocenters. The molecule has 0 saturated carbocycles. The van der Waals surface area contributed by atoms with E-state index in [4.69, 9.17) is 4.74 Å². The molecular weight excluding hydrogens is 216 g/mol. The lowest BCUT2D eigenvalue weighted by Crippen LogP contribution is -2.00. The number of hydrogen-bond acceptors (Lipinski definition) is 5. The average molecular weight is 232 g/mol. The van der Waals surface area contributed by atoms with Gasteiger partial charge in [-0.1, -0.05) is 13.8 Å². The van der Waals surface area contributed by atoms with Gasteiger partial charge in [0.2, 0.25) is 0 Å². The van der Waals surface area contributed by atoms with Gasteiger partial charge in [-0.3, -0.25) is 0 Å². The molecule has 14 heavy (non-hydrogen) atoms. The monoisotopic (exact) mass is 232 g/mol. The topological polar surface area (TPSA) is 35.0 Å². The van der Waals surface area contributed by atoms with Gasteiger partial charge in [-0.15, -0.1) is 16.1 Å². The Hall–Kier alpha value is -0.290. The van der Waals surface area contributed by atoms with E-state index in [-0.39, 0.29) is 0 Å². The first kappa shape index (κ1) is 11.8. The Morgan fingerprint density at radius 1 is 1.43 bits per heavy atom. The molecule has 0 unspecified atom stereocenters. The first-order valence-electron chi connectivity index (χ1n) is 4.73. The normalized spacial score (nSPS) is 10.9. The van der Waals surface area contributed by atoms with Crippen molar-refractivity contribution < 1.29 is 4.74 Å². The first-order chi connectivity index (χ1) is 6.74.